The molecule has 8 nitrogen and oxygen atoms in total. The van der Waals surface area contributed by atoms with E-state index in [1.54, 1.807) is 43.1 Å². The molecular weight excluding hydrogens is 430 g/mol. The highest BCUT2D eigenvalue weighted by Gasteiger charge is 2.76. The number of β-amino-alcohol motifs (C(OH)–C–C–N with tert-alkyl or cyclic N) is 1. The molecule has 2 bridgehead atoms. The van der Waals surface area contributed by atoms with Gasteiger partial charge in [-0.1, -0.05) is 6.92 Å². The van der Waals surface area contributed by atoms with Gasteiger partial charge in [-0.25, -0.2) is 0 Å². The lowest BCUT2D eigenvalue weighted by Gasteiger charge is -2.34. The molecule has 3 aliphatic heterocycles. The van der Waals surface area contributed by atoms with Gasteiger partial charge in [0.15, 0.2) is 0 Å². The lowest BCUT2D eigenvalue weighted by molar-refractivity contribution is -0.140. The molecule has 0 aromatic heterocycles. The second-order valence-electron chi connectivity index (χ2n) is 8.99. The molecule has 1 aromatic rings. The molecule has 3 N–H and O–H groups in total. The predicted octanol–water partition coefficient (Wildman–Crippen LogP) is 1.63. The first kappa shape index (κ1) is 22.9. The number of likely N-dealkylation sites (tertiary alicyclic amines) is 1. The third-order valence-electron chi connectivity index (χ3n) is 7.06. The van der Waals surface area contributed by atoms with Crippen molar-refractivity contribution < 1.29 is 24.2 Å². The number of aliphatic hydroxyl groups is 1. The van der Waals surface area contributed by atoms with Gasteiger partial charge in [-0.15, -0.1) is 11.8 Å². The van der Waals surface area contributed by atoms with Crippen molar-refractivity contribution in [2.45, 2.75) is 48.6 Å². The molecule has 174 valence electrons. The number of anilines is 1. The van der Waals surface area contributed by atoms with Crippen molar-refractivity contribution in [2.75, 3.05) is 32.1 Å². The summed E-state index contributed by atoms with van der Waals surface area (Å²) in [6.45, 7) is 4.42. The van der Waals surface area contributed by atoms with Crippen LogP contribution in [0.3, 0.4) is 0 Å². The molecule has 4 rings (SSSR count). The number of carbonyl (C=O) groups is 3. The lowest BCUT2D eigenvalue weighted by atomic mass is 9.66. The molecule has 0 aliphatic carbocycles. The lowest BCUT2D eigenvalue weighted by Crippen LogP contribution is -2.52. The van der Waals surface area contributed by atoms with Gasteiger partial charge in [0.25, 0.3) is 0 Å². The average molecular weight is 462 g/mol. The van der Waals surface area contributed by atoms with E-state index in [4.69, 9.17) is 4.74 Å². The molecule has 1 spiro atoms. The number of nitrogens with zero attached hydrogens (tertiary/aromatic N) is 1. The molecule has 1 aromatic carbocycles. The first-order valence-electron chi connectivity index (χ1n) is 11.2. The van der Waals surface area contributed by atoms with Gasteiger partial charge >= 0.3 is 0 Å². The van der Waals surface area contributed by atoms with Crippen LogP contribution in [0.15, 0.2) is 24.3 Å². The predicted molar refractivity (Wildman–Crippen MR) is 122 cm³/mol. The fourth-order valence-electron chi connectivity index (χ4n) is 5.72. The van der Waals surface area contributed by atoms with Gasteiger partial charge in [-0.3, -0.25) is 14.4 Å². The van der Waals surface area contributed by atoms with Gasteiger partial charge < -0.3 is 25.4 Å². The maximum atomic E-state index is 13.6. The Morgan fingerprint density at radius 1 is 1.25 bits per heavy atom. The van der Waals surface area contributed by atoms with Gasteiger partial charge in [0, 0.05) is 23.5 Å². The fraction of sp³-hybridized carbons (Fsp3) is 0.609. The summed E-state index contributed by atoms with van der Waals surface area (Å²) in [6.07, 6.45) is 2.27. The van der Waals surface area contributed by atoms with Crippen LogP contribution in [0.5, 0.6) is 5.75 Å². The first-order chi connectivity index (χ1) is 15.3. The summed E-state index contributed by atoms with van der Waals surface area (Å²) < 4.78 is 4.11. The number of rotatable bonds is 8. The molecule has 0 radical (unpaired) electrons. The second-order valence-corrected chi connectivity index (χ2v) is 10.9. The van der Waals surface area contributed by atoms with E-state index in [0.717, 1.165) is 12.8 Å². The Kier molecular flexibility index (Phi) is 6.15. The van der Waals surface area contributed by atoms with Crippen molar-refractivity contribution >= 4 is 35.2 Å². The summed E-state index contributed by atoms with van der Waals surface area (Å²) in [7, 11) is 1.57. The highest BCUT2D eigenvalue weighted by atomic mass is 32.2. The normalized spacial score (nSPS) is 32.7. The van der Waals surface area contributed by atoms with E-state index in [0.29, 0.717) is 24.4 Å². The van der Waals surface area contributed by atoms with Crippen LogP contribution in [0.1, 0.15) is 33.1 Å². The van der Waals surface area contributed by atoms with E-state index in [9.17, 15) is 19.5 Å². The third-order valence-corrected chi connectivity index (χ3v) is 9.04. The number of hydrogen-bond acceptors (Lipinski definition) is 6. The van der Waals surface area contributed by atoms with Crippen molar-refractivity contribution in [3.63, 3.8) is 0 Å². The number of hydrogen-bond donors (Lipinski definition) is 3. The van der Waals surface area contributed by atoms with Crippen molar-refractivity contribution in [2.24, 2.45) is 11.8 Å². The topological polar surface area (TPSA) is 108 Å². The van der Waals surface area contributed by atoms with Crippen LogP contribution in [0, 0.1) is 11.8 Å². The molecule has 9 heteroatoms. The van der Waals surface area contributed by atoms with Crippen molar-refractivity contribution in [1.29, 1.82) is 0 Å². The molecule has 3 amide bonds. The number of ether oxygens (including phenoxy) is 1. The van der Waals surface area contributed by atoms with E-state index in [1.807, 2.05) is 13.8 Å². The minimum atomic E-state index is -0.745. The van der Waals surface area contributed by atoms with Crippen molar-refractivity contribution in [3.8, 4) is 5.75 Å². The average Bonchev–Trinajstić information content (AvgIpc) is 3.34. The van der Waals surface area contributed by atoms with Crippen LogP contribution in [-0.4, -0.2) is 70.1 Å². The van der Waals surface area contributed by atoms with Gasteiger partial charge in [0.2, 0.25) is 17.7 Å². The van der Waals surface area contributed by atoms with Crippen molar-refractivity contribution in [3.05, 3.63) is 24.3 Å². The van der Waals surface area contributed by atoms with E-state index >= 15 is 0 Å². The van der Waals surface area contributed by atoms with Gasteiger partial charge in [0.1, 0.15) is 11.8 Å². The Hall–Kier alpha value is -2.26. The van der Waals surface area contributed by atoms with E-state index in [1.165, 1.54) is 4.90 Å². The summed E-state index contributed by atoms with van der Waals surface area (Å²) in [5, 5.41) is 15.6. The Balaban J connectivity index is 1.66. The molecule has 5 atom stereocenters. The maximum Gasteiger partial charge on any atom is 0.248 e. The number of methoxy groups -OCH3 is 1. The Morgan fingerprint density at radius 2 is 1.97 bits per heavy atom. The van der Waals surface area contributed by atoms with Gasteiger partial charge in [0.05, 0.1) is 30.3 Å². The Labute approximate surface area is 192 Å². The third kappa shape index (κ3) is 3.46. The zero-order valence-electron chi connectivity index (χ0n) is 18.7. The Bertz CT molecular complexity index is 909. The molecule has 32 heavy (non-hydrogen) atoms. The smallest absolute Gasteiger partial charge is 0.248 e. The van der Waals surface area contributed by atoms with Crippen LogP contribution in [0.4, 0.5) is 5.69 Å². The maximum absolute atomic E-state index is 13.6. The molecule has 2 unspecified atom stereocenters. The van der Waals surface area contributed by atoms with Crippen LogP contribution in [-0.2, 0) is 14.4 Å². The second kappa shape index (κ2) is 8.59. The molecular formula is C23H31N3O5S. The standard InChI is InChI=1S/C23H31N3O5S/c1-4-11-24-19(28)16-17-21(30)26(12-13-27)18(23(17)10-9-22(16,2)32-23)20(29)25-14-5-7-15(31-3)8-6-14/h5-8,16-18,27H,4,9-13H2,1-3H3,(H,24,28)(H,25,29)/t16-,17+,18?,22+,23?/m1/s1. The van der Waals surface area contributed by atoms with Gasteiger partial charge in [-0.05, 0) is 50.5 Å². The minimum absolute atomic E-state index is 0.0678. The quantitative estimate of drug-likeness (QED) is 0.543. The number of thioether (sulfide) groups is 1. The largest absolute Gasteiger partial charge is 0.497 e. The van der Waals surface area contributed by atoms with E-state index in [-0.39, 0.29) is 35.6 Å². The monoisotopic (exact) mass is 461 g/mol. The number of aliphatic hydroxyl groups excluding tert-OH is 1. The Morgan fingerprint density at radius 3 is 2.59 bits per heavy atom. The van der Waals surface area contributed by atoms with Gasteiger partial charge in [-0.2, -0.15) is 0 Å². The zero-order chi connectivity index (χ0) is 23.1. The minimum Gasteiger partial charge on any atom is -0.497 e. The molecule has 0 saturated carbocycles. The number of benzene rings is 1. The van der Waals surface area contributed by atoms with E-state index < -0.39 is 22.6 Å². The number of fused-ring (bicyclic) bond motifs is 1. The summed E-state index contributed by atoms with van der Waals surface area (Å²) >= 11 is 1.62. The fourth-order valence-corrected chi connectivity index (χ4v) is 8.07. The highest BCUT2D eigenvalue weighted by molar-refractivity contribution is 8.02. The van der Waals surface area contributed by atoms with E-state index in [2.05, 4.69) is 10.6 Å². The number of amides is 3. The summed E-state index contributed by atoms with van der Waals surface area (Å²) in [5.41, 5.74) is 0.605. The molecule has 3 heterocycles. The number of nitrogens with one attached hydrogen (secondary N) is 2. The SMILES string of the molecule is CCCNC(=O)[C@H]1[C@H]2C(=O)N(CCO)C(C(=O)Nc3ccc(OC)cc3)C23CC[C@]1(C)S3. The van der Waals surface area contributed by atoms with Crippen LogP contribution < -0.4 is 15.4 Å². The van der Waals surface area contributed by atoms with Crippen LogP contribution in [0.2, 0.25) is 0 Å². The van der Waals surface area contributed by atoms with Crippen LogP contribution >= 0.6 is 11.8 Å². The molecule has 3 fully saturated rings. The molecule has 3 aliphatic rings. The highest BCUT2D eigenvalue weighted by Crippen LogP contribution is 2.71. The molecule has 3 saturated heterocycles. The zero-order valence-corrected chi connectivity index (χ0v) is 19.5. The summed E-state index contributed by atoms with van der Waals surface area (Å²) in [5.74, 6) is -0.978. The van der Waals surface area contributed by atoms with Crippen molar-refractivity contribution in [1.82, 2.24) is 10.2 Å². The summed E-state index contributed by atoms with van der Waals surface area (Å²) in [4.78, 5) is 41.7. The number of carbonyl (C=O) groups excluding carboxylic acids is 3. The van der Waals surface area contributed by atoms with Crippen LogP contribution in [0.25, 0.3) is 0 Å². The summed E-state index contributed by atoms with van der Waals surface area (Å²) in [6, 6.07) is 6.27. The first-order valence-corrected chi connectivity index (χ1v) is 12.0.